The zero-order valence-electron chi connectivity index (χ0n) is 9.87. The summed E-state index contributed by atoms with van der Waals surface area (Å²) in [4.78, 5) is 2.77. The SMILES string of the molecule is CNCC1CCCN(C2CCSCC2)C1. The maximum absolute atomic E-state index is 3.33. The van der Waals surface area contributed by atoms with Crippen molar-refractivity contribution in [1.29, 1.82) is 0 Å². The van der Waals surface area contributed by atoms with E-state index in [0.717, 1.165) is 12.0 Å². The van der Waals surface area contributed by atoms with Crippen LogP contribution >= 0.6 is 11.8 Å². The van der Waals surface area contributed by atoms with Crippen molar-refractivity contribution in [2.75, 3.05) is 38.2 Å². The van der Waals surface area contributed by atoms with Crippen molar-refractivity contribution in [3.05, 3.63) is 0 Å². The molecule has 2 saturated heterocycles. The lowest BCUT2D eigenvalue weighted by Crippen LogP contribution is -2.46. The van der Waals surface area contributed by atoms with Crippen LogP contribution in [0.25, 0.3) is 0 Å². The van der Waals surface area contributed by atoms with Gasteiger partial charge in [0.2, 0.25) is 0 Å². The molecule has 0 aromatic heterocycles. The summed E-state index contributed by atoms with van der Waals surface area (Å²) in [6.07, 6.45) is 5.70. The largest absolute Gasteiger partial charge is 0.319 e. The molecule has 0 amide bonds. The summed E-state index contributed by atoms with van der Waals surface area (Å²) >= 11 is 2.13. The van der Waals surface area contributed by atoms with Crippen molar-refractivity contribution in [2.24, 2.45) is 5.92 Å². The fourth-order valence-corrected chi connectivity index (χ4v) is 4.02. The molecular weight excluding hydrogens is 204 g/mol. The van der Waals surface area contributed by atoms with Gasteiger partial charge in [0.05, 0.1) is 0 Å². The number of rotatable bonds is 3. The Morgan fingerprint density at radius 1 is 1.27 bits per heavy atom. The van der Waals surface area contributed by atoms with Crippen molar-refractivity contribution in [2.45, 2.75) is 31.7 Å². The zero-order valence-corrected chi connectivity index (χ0v) is 10.7. The predicted molar refractivity (Wildman–Crippen MR) is 68.6 cm³/mol. The van der Waals surface area contributed by atoms with E-state index in [-0.39, 0.29) is 0 Å². The number of hydrogen-bond acceptors (Lipinski definition) is 3. The Balaban J connectivity index is 1.80. The fourth-order valence-electron chi connectivity index (χ4n) is 2.93. The highest BCUT2D eigenvalue weighted by molar-refractivity contribution is 7.99. The lowest BCUT2D eigenvalue weighted by Gasteiger charge is -2.39. The van der Waals surface area contributed by atoms with Crippen LogP contribution in [0.4, 0.5) is 0 Å². The van der Waals surface area contributed by atoms with Crippen LogP contribution in [0.1, 0.15) is 25.7 Å². The molecule has 0 aromatic carbocycles. The van der Waals surface area contributed by atoms with Crippen molar-refractivity contribution < 1.29 is 0 Å². The van der Waals surface area contributed by atoms with E-state index >= 15 is 0 Å². The summed E-state index contributed by atoms with van der Waals surface area (Å²) < 4.78 is 0. The van der Waals surface area contributed by atoms with Gasteiger partial charge in [-0.1, -0.05) is 0 Å². The molecule has 1 unspecified atom stereocenters. The first-order valence-corrected chi connectivity index (χ1v) is 7.52. The summed E-state index contributed by atoms with van der Waals surface area (Å²) in [5.74, 6) is 3.67. The lowest BCUT2D eigenvalue weighted by molar-refractivity contribution is 0.117. The van der Waals surface area contributed by atoms with Gasteiger partial charge in [-0.25, -0.2) is 0 Å². The average Bonchev–Trinajstić information content (AvgIpc) is 2.31. The number of thioether (sulfide) groups is 1. The topological polar surface area (TPSA) is 15.3 Å². The summed E-state index contributed by atoms with van der Waals surface area (Å²) in [7, 11) is 2.08. The van der Waals surface area contributed by atoms with E-state index in [1.807, 2.05) is 0 Å². The van der Waals surface area contributed by atoms with E-state index in [1.165, 1.54) is 56.8 Å². The molecule has 0 aliphatic carbocycles. The minimum Gasteiger partial charge on any atom is -0.319 e. The third kappa shape index (κ3) is 3.36. The molecule has 0 aromatic rings. The fraction of sp³-hybridized carbons (Fsp3) is 1.00. The second-order valence-electron chi connectivity index (χ2n) is 4.90. The van der Waals surface area contributed by atoms with E-state index in [2.05, 4.69) is 29.0 Å². The Hall–Kier alpha value is 0.270. The number of nitrogens with one attached hydrogen (secondary N) is 1. The van der Waals surface area contributed by atoms with E-state index in [0.29, 0.717) is 0 Å². The van der Waals surface area contributed by atoms with Gasteiger partial charge in [0, 0.05) is 12.6 Å². The van der Waals surface area contributed by atoms with Gasteiger partial charge < -0.3 is 10.2 Å². The maximum Gasteiger partial charge on any atom is 0.0111 e. The van der Waals surface area contributed by atoms with Gasteiger partial charge in [-0.15, -0.1) is 0 Å². The molecule has 2 fully saturated rings. The van der Waals surface area contributed by atoms with Crippen LogP contribution in [0.2, 0.25) is 0 Å². The minimum absolute atomic E-state index is 0.901. The molecule has 15 heavy (non-hydrogen) atoms. The van der Waals surface area contributed by atoms with Crippen LogP contribution < -0.4 is 5.32 Å². The first kappa shape index (κ1) is 11.7. The minimum atomic E-state index is 0.901. The van der Waals surface area contributed by atoms with Crippen LogP contribution in [0.15, 0.2) is 0 Å². The molecule has 2 aliphatic rings. The van der Waals surface area contributed by atoms with Crippen LogP contribution in [0.3, 0.4) is 0 Å². The zero-order chi connectivity index (χ0) is 10.5. The van der Waals surface area contributed by atoms with Crippen LogP contribution in [-0.4, -0.2) is 49.1 Å². The third-order valence-corrected chi connectivity index (χ3v) is 4.80. The molecule has 0 spiro atoms. The van der Waals surface area contributed by atoms with Gasteiger partial charge in [-0.05, 0) is 63.2 Å². The Morgan fingerprint density at radius 2 is 2.07 bits per heavy atom. The monoisotopic (exact) mass is 228 g/mol. The molecule has 0 radical (unpaired) electrons. The van der Waals surface area contributed by atoms with Gasteiger partial charge in [0.1, 0.15) is 0 Å². The second-order valence-corrected chi connectivity index (χ2v) is 6.13. The number of hydrogen-bond donors (Lipinski definition) is 1. The summed E-state index contributed by atoms with van der Waals surface area (Å²) in [5.41, 5.74) is 0. The Bertz CT molecular complexity index is 178. The first-order chi connectivity index (χ1) is 7.40. The van der Waals surface area contributed by atoms with Crippen molar-refractivity contribution in [3.63, 3.8) is 0 Å². The van der Waals surface area contributed by atoms with Gasteiger partial charge in [0.25, 0.3) is 0 Å². The first-order valence-electron chi connectivity index (χ1n) is 6.36. The average molecular weight is 228 g/mol. The van der Waals surface area contributed by atoms with Crippen LogP contribution in [-0.2, 0) is 0 Å². The van der Waals surface area contributed by atoms with Crippen LogP contribution in [0.5, 0.6) is 0 Å². The van der Waals surface area contributed by atoms with Gasteiger partial charge >= 0.3 is 0 Å². The number of piperidine rings is 1. The van der Waals surface area contributed by atoms with Crippen molar-refractivity contribution >= 4 is 11.8 Å². The summed E-state index contributed by atoms with van der Waals surface area (Å²) in [6.45, 7) is 3.91. The van der Waals surface area contributed by atoms with Gasteiger partial charge in [-0.2, -0.15) is 11.8 Å². The highest BCUT2D eigenvalue weighted by Crippen LogP contribution is 2.26. The smallest absolute Gasteiger partial charge is 0.0111 e. The quantitative estimate of drug-likeness (QED) is 0.793. The third-order valence-electron chi connectivity index (χ3n) is 3.75. The molecule has 3 heteroatoms. The van der Waals surface area contributed by atoms with Gasteiger partial charge in [0.15, 0.2) is 0 Å². The highest BCUT2D eigenvalue weighted by Gasteiger charge is 2.26. The molecule has 2 nitrogen and oxygen atoms in total. The molecule has 2 heterocycles. The Labute approximate surface area is 98.2 Å². The van der Waals surface area contributed by atoms with Gasteiger partial charge in [-0.3, -0.25) is 0 Å². The van der Waals surface area contributed by atoms with E-state index < -0.39 is 0 Å². The molecule has 0 saturated carbocycles. The molecule has 88 valence electrons. The van der Waals surface area contributed by atoms with E-state index in [4.69, 9.17) is 0 Å². The summed E-state index contributed by atoms with van der Waals surface area (Å²) in [6, 6.07) is 0.908. The van der Waals surface area contributed by atoms with Crippen molar-refractivity contribution in [1.82, 2.24) is 10.2 Å². The normalized spacial score (nSPS) is 30.6. The molecule has 2 rings (SSSR count). The van der Waals surface area contributed by atoms with Crippen molar-refractivity contribution in [3.8, 4) is 0 Å². The lowest BCUT2D eigenvalue weighted by atomic mass is 9.95. The molecule has 1 N–H and O–H groups in total. The molecular formula is C12H24N2S. The Kier molecular flexibility index (Phi) is 4.79. The number of nitrogens with zero attached hydrogens (tertiary/aromatic N) is 1. The highest BCUT2D eigenvalue weighted by atomic mass is 32.2. The predicted octanol–water partition coefficient (Wildman–Crippen LogP) is 1.81. The van der Waals surface area contributed by atoms with Crippen LogP contribution in [0, 0.1) is 5.92 Å². The maximum atomic E-state index is 3.33. The molecule has 1 atom stereocenters. The van der Waals surface area contributed by atoms with E-state index in [9.17, 15) is 0 Å². The Morgan fingerprint density at radius 3 is 2.80 bits per heavy atom. The second kappa shape index (κ2) is 6.12. The van der Waals surface area contributed by atoms with E-state index in [1.54, 1.807) is 0 Å². The summed E-state index contributed by atoms with van der Waals surface area (Å²) in [5, 5.41) is 3.33. The number of likely N-dealkylation sites (tertiary alicyclic amines) is 1. The molecule has 0 bridgehead atoms. The molecule has 2 aliphatic heterocycles. The standard InChI is InChI=1S/C12H24N2S/c1-13-9-11-3-2-6-14(10-11)12-4-7-15-8-5-12/h11-13H,2-10H2,1H3.